The van der Waals surface area contributed by atoms with Crippen molar-refractivity contribution in [3.8, 4) is 5.75 Å². The van der Waals surface area contributed by atoms with Crippen LogP contribution < -0.4 is 10.1 Å². The fourth-order valence-electron chi connectivity index (χ4n) is 2.98. The summed E-state index contributed by atoms with van der Waals surface area (Å²) in [5.74, 6) is 0.912. The summed E-state index contributed by atoms with van der Waals surface area (Å²) in [6, 6.07) is 4.91. The van der Waals surface area contributed by atoms with Gasteiger partial charge in [0.2, 0.25) is 0 Å². The van der Waals surface area contributed by atoms with Gasteiger partial charge < -0.3 is 15.0 Å². The molecule has 0 amide bonds. The number of halogens is 2. The van der Waals surface area contributed by atoms with E-state index in [0.717, 1.165) is 40.4 Å². The van der Waals surface area contributed by atoms with Crippen LogP contribution in [-0.4, -0.2) is 38.2 Å². The number of benzene rings is 1. The van der Waals surface area contributed by atoms with Gasteiger partial charge in [0.25, 0.3) is 0 Å². The number of methoxy groups -OCH3 is 1. The first-order valence-electron chi connectivity index (χ1n) is 7.54. The standard InChI is InChI=1S/C16H24Br2N2O/c1-20(14-5-3-4-6-14)8-7-19-11-12-9-13(17)10-15(18)16(12)21-2/h9-10,14,19H,3-8,11H2,1-2H3. The summed E-state index contributed by atoms with van der Waals surface area (Å²) in [6.45, 7) is 2.92. The van der Waals surface area contributed by atoms with Gasteiger partial charge >= 0.3 is 0 Å². The predicted octanol–water partition coefficient (Wildman–Crippen LogP) is 4.18. The third-order valence-corrected chi connectivity index (χ3v) is 5.24. The van der Waals surface area contributed by atoms with Crippen molar-refractivity contribution in [3.05, 3.63) is 26.6 Å². The van der Waals surface area contributed by atoms with Gasteiger partial charge in [-0.15, -0.1) is 0 Å². The molecule has 0 atom stereocenters. The van der Waals surface area contributed by atoms with Gasteiger partial charge in [0.1, 0.15) is 5.75 Å². The Morgan fingerprint density at radius 1 is 1.29 bits per heavy atom. The summed E-state index contributed by atoms with van der Waals surface area (Å²) in [4.78, 5) is 2.49. The van der Waals surface area contributed by atoms with E-state index in [2.05, 4.69) is 55.2 Å². The van der Waals surface area contributed by atoms with Gasteiger partial charge in [0, 0.05) is 35.7 Å². The number of likely N-dealkylation sites (N-methyl/N-ethyl adjacent to an activating group) is 1. The number of hydrogen-bond acceptors (Lipinski definition) is 3. The highest BCUT2D eigenvalue weighted by Crippen LogP contribution is 2.32. The molecule has 1 aliphatic carbocycles. The number of hydrogen-bond donors (Lipinski definition) is 1. The predicted molar refractivity (Wildman–Crippen MR) is 95.0 cm³/mol. The quantitative estimate of drug-likeness (QED) is 0.670. The lowest BCUT2D eigenvalue weighted by molar-refractivity contribution is 0.245. The van der Waals surface area contributed by atoms with Gasteiger partial charge in [-0.3, -0.25) is 0 Å². The van der Waals surface area contributed by atoms with Crippen molar-refractivity contribution in [2.24, 2.45) is 0 Å². The molecule has 5 heteroatoms. The van der Waals surface area contributed by atoms with Crippen LogP contribution in [0.4, 0.5) is 0 Å². The van der Waals surface area contributed by atoms with Crippen LogP contribution in [-0.2, 0) is 6.54 Å². The Labute approximate surface area is 144 Å². The zero-order chi connectivity index (χ0) is 15.2. The average Bonchev–Trinajstić information content (AvgIpc) is 2.97. The molecule has 0 heterocycles. The summed E-state index contributed by atoms with van der Waals surface area (Å²) in [7, 11) is 3.96. The molecule has 2 rings (SSSR count). The Morgan fingerprint density at radius 3 is 2.67 bits per heavy atom. The molecule has 0 unspecified atom stereocenters. The van der Waals surface area contributed by atoms with Crippen LogP contribution in [0.5, 0.6) is 5.75 Å². The molecule has 0 aliphatic heterocycles. The van der Waals surface area contributed by atoms with E-state index in [1.807, 2.05) is 6.07 Å². The Kier molecular flexibility index (Phi) is 6.99. The molecule has 0 saturated heterocycles. The van der Waals surface area contributed by atoms with E-state index >= 15 is 0 Å². The highest BCUT2D eigenvalue weighted by atomic mass is 79.9. The highest BCUT2D eigenvalue weighted by Gasteiger charge is 2.18. The van der Waals surface area contributed by atoms with E-state index < -0.39 is 0 Å². The number of rotatable bonds is 7. The molecule has 1 aliphatic rings. The van der Waals surface area contributed by atoms with Gasteiger partial charge in [-0.05, 0) is 48.0 Å². The Morgan fingerprint density at radius 2 is 2.00 bits per heavy atom. The second-order valence-electron chi connectivity index (χ2n) is 5.68. The van der Waals surface area contributed by atoms with Crippen molar-refractivity contribution >= 4 is 31.9 Å². The average molecular weight is 420 g/mol. The lowest BCUT2D eigenvalue weighted by atomic mass is 10.2. The third-order valence-electron chi connectivity index (χ3n) is 4.19. The molecule has 1 N–H and O–H groups in total. The molecule has 1 aromatic rings. The lowest BCUT2D eigenvalue weighted by Crippen LogP contribution is -2.35. The maximum atomic E-state index is 5.47. The molecule has 1 aromatic carbocycles. The minimum Gasteiger partial charge on any atom is -0.495 e. The second-order valence-corrected chi connectivity index (χ2v) is 7.45. The Balaban J connectivity index is 1.80. The minimum atomic E-state index is 0.793. The van der Waals surface area contributed by atoms with Crippen molar-refractivity contribution in [1.82, 2.24) is 10.2 Å². The Hall–Kier alpha value is -0.100. The monoisotopic (exact) mass is 418 g/mol. The lowest BCUT2D eigenvalue weighted by Gasteiger charge is -2.24. The fourth-order valence-corrected chi connectivity index (χ4v) is 4.46. The normalized spacial score (nSPS) is 15.9. The maximum Gasteiger partial charge on any atom is 0.137 e. The van der Waals surface area contributed by atoms with Crippen molar-refractivity contribution in [1.29, 1.82) is 0 Å². The summed E-state index contributed by atoms with van der Waals surface area (Å²) in [6.07, 6.45) is 5.52. The molecule has 118 valence electrons. The van der Waals surface area contributed by atoms with Crippen LogP contribution in [0.2, 0.25) is 0 Å². The van der Waals surface area contributed by atoms with Crippen LogP contribution in [0.1, 0.15) is 31.2 Å². The minimum absolute atomic E-state index is 0.793. The smallest absolute Gasteiger partial charge is 0.137 e. The van der Waals surface area contributed by atoms with Crippen LogP contribution in [0.15, 0.2) is 21.1 Å². The maximum absolute atomic E-state index is 5.47. The summed E-state index contributed by atoms with van der Waals surface area (Å²) < 4.78 is 7.52. The number of nitrogens with one attached hydrogen (secondary N) is 1. The Bertz CT molecular complexity index is 462. The molecule has 1 saturated carbocycles. The van der Waals surface area contributed by atoms with E-state index in [1.165, 1.54) is 31.2 Å². The van der Waals surface area contributed by atoms with Gasteiger partial charge in [-0.25, -0.2) is 0 Å². The first-order chi connectivity index (χ1) is 10.1. The fraction of sp³-hybridized carbons (Fsp3) is 0.625. The van der Waals surface area contributed by atoms with Crippen molar-refractivity contribution < 1.29 is 4.74 Å². The third kappa shape index (κ3) is 4.95. The van der Waals surface area contributed by atoms with Crippen LogP contribution in [0.25, 0.3) is 0 Å². The molecule has 1 fully saturated rings. The van der Waals surface area contributed by atoms with E-state index in [0.29, 0.717) is 0 Å². The zero-order valence-electron chi connectivity index (χ0n) is 12.8. The van der Waals surface area contributed by atoms with Gasteiger partial charge in [-0.2, -0.15) is 0 Å². The van der Waals surface area contributed by atoms with Crippen molar-refractivity contribution in [2.75, 3.05) is 27.2 Å². The molecule has 21 heavy (non-hydrogen) atoms. The molecule has 0 bridgehead atoms. The van der Waals surface area contributed by atoms with Crippen molar-refractivity contribution in [3.63, 3.8) is 0 Å². The molecular formula is C16H24Br2N2O. The molecule has 0 radical (unpaired) electrons. The largest absolute Gasteiger partial charge is 0.495 e. The molecule has 0 aromatic heterocycles. The SMILES string of the molecule is COc1c(Br)cc(Br)cc1CNCCN(C)C1CCCC1. The molecule has 0 spiro atoms. The summed E-state index contributed by atoms with van der Waals surface area (Å²) in [5, 5.41) is 3.52. The molecular weight excluding hydrogens is 396 g/mol. The van der Waals surface area contributed by atoms with E-state index in [-0.39, 0.29) is 0 Å². The van der Waals surface area contributed by atoms with Gasteiger partial charge in [0.15, 0.2) is 0 Å². The van der Waals surface area contributed by atoms with Gasteiger partial charge in [0.05, 0.1) is 11.6 Å². The van der Waals surface area contributed by atoms with E-state index in [4.69, 9.17) is 4.74 Å². The van der Waals surface area contributed by atoms with Gasteiger partial charge in [-0.1, -0.05) is 28.8 Å². The van der Waals surface area contributed by atoms with Crippen LogP contribution >= 0.6 is 31.9 Å². The zero-order valence-corrected chi connectivity index (χ0v) is 16.0. The number of nitrogens with zero attached hydrogens (tertiary/aromatic N) is 1. The molecule has 3 nitrogen and oxygen atoms in total. The first kappa shape index (κ1) is 17.3. The van der Waals surface area contributed by atoms with E-state index in [1.54, 1.807) is 7.11 Å². The first-order valence-corrected chi connectivity index (χ1v) is 9.13. The topological polar surface area (TPSA) is 24.5 Å². The van der Waals surface area contributed by atoms with Crippen LogP contribution in [0.3, 0.4) is 0 Å². The van der Waals surface area contributed by atoms with Crippen molar-refractivity contribution in [2.45, 2.75) is 38.3 Å². The van der Waals surface area contributed by atoms with E-state index in [9.17, 15) is 0 Å². The van der Waals surface area contributed by atoms with Crippen LogP contribution in [0, 0.1) is 0 Å². The number of ether oxygens (including phenoxy) is 1. The summed E-state index contributed by atoms with van der Waals surface area (Å²) in [5.41, 5.74) is 1.17. The summed E-state index contributed by atoms with van der Waals surface area (Å²) >= 11 is 7.08. The second kappa shape index (κ2) is 8.51. The highest BCUT2D eigenvalue weighted by molar-refractivity contribution is 9.11.